The molecule has 0 amide bonds. The molecular weight excluding hydrogens is 428 g/mol. The van der Waals surface area contributed by atoms with E-state index in [0.717, 1.165) is 31.7 Å². The van der Waals surface area contributed by atoms with Gasteiger partial charge in [0, 0.05) is 38.6 Å². The molecule has 2 heterocycles. The third kappa shape index (κ3) is 5.87. The van der Waals surface area contributed by atoms with E-state index in [9.17, 15) is 9.90 Å². The molecule has 4 rings (SSSR count). The molecule has 3 aromatic rings. The molecule has 1 unspecified atom stereocenters. The van der Waals surface area contributed by atoms with Gasteiger partial charge >= 0.3 is 5.97 Å². The molecule has 2 aromatic carbocycles. The summed E-state index contributed by atoms with van der Waals surface area (Å²) in [5.41, 5.74) is 3.84. The smallest absolute Gasteiger partial charge is 0.341 e. The first-order chi connectivity index (χ1) is 16.7. The van der Waals surface area contributed by atoms with Gasteiger partial charge in [0.05, 0.1) is 24.8 Å². The number of hydrogen-bond acceptors (Lipinski definition) is 7. The topological polar surface area (TPSA) is 78.8 Å². The van der Waals surface area contributed by atoms with Crippen LogP contribution < -0.4 is 4.90 Å². The zero-order valence-corrected chi connectivity index (χ0v) is 19.4. The summed E-state index contributed by atoms with van der Waals surface area (Å²) in [5.74, 6) is 0.188. The van der Waals surface area contributed by atoms with Gasteiger partial charge in [-0.15, -0.1) is 0 Å². The quantitative estimate of drug-likeness (QED) is 0.518. The van der Waals surface area contributed by atoms with Crippen molar-refractivity contribution in [2.45, 2.75) is 13.0 Å². The molecule has 1 atom stereocenters. The van der Waals surface area contributed by atoms with E-state index in [1.54, 1.807) is 6.92 Å². The molecule has 0 bridgehead atoms. The minimum absolute atomic E-state index is 0.0527. The van der Waals surface area contributed by atoms with Crippen LogP contribution in [0.4, 0.5) is 5.95 Å². The second-order valence-electron chi connectivity index (χ2n) is 8.11. The Morgan fingerprint density at radius 3 is 2.26 bits per heavy atom. The fourth-order valence-corrected chi connectivity index (χ4v) is 4.00. The number of aliphatic hydroxyl groups excluding tert-OH is 1. The SMILES string of the molecule is CCOC(=O)c1cnc(N2CCN(C(C=Cc3ccc(-c4ccccc4)cc3)CO)CC2)nc1. The number of hydrogen-bond donors (Lipinski definition) is 1. The summed E-state index contributed by atoms with van der Waals surface area (Å²) in [6.07, 6.45) is 7.15. The highest BCUT2D eigenvalue weighted by Gasteiger charge is 2.23. The van der Waals surface area contributed by atoms with Crippen molar-refractivity contribution in [1.82, 2.24) is 14.9 Å². The summed E-state index contributed by atoms with van der Waals surface area (Å²) >= 11 is 0. The molecule has 1 aliphatic rings. The van der Waals surface area contributed by atoms with Gasteiger partial charge in [-0.3, -0.25) is 4.90 Å². The van der Waals surface area contributed by atoms with Crippen LogP contribution in [-0.4, -0.2) is 71.4 Å². The minimum atomic E-state index is -0.411. The number of benzene rings is 2. The van der Waals surface area contributed by atoms with E-state index in [1.807, 2.05) is 18.2 Å². The molecule has 1 fully saturated rings. The van der Waals surface area contributed by atoms with E-state index < -0.39 is 5.97 Å². The van der Waals surface area contributed by atoms with Gasteiger partial charge in [0.2, 0.25) is 5.95 Å². The average Bonchev–Trinajstić information content (AvgIpc) is 2.90. The van der Waals surface area contributed by atoms with Gasteiger partial charge in [-0.25, -0.2) is 14.8 Å². The Hall–Kier alpha value is -3.55. The van der Waals surface area contributed by atoms with Crippen molar-refractivity contribution in [2.75, 3.05) is 44.3 Å². The molecule has 0 aliphatic carbocycles. The summed E-state index contributed by atoms with van der Waals surface area (Å²) in [6.45, 7) is 5.20. The first-order valence-corrected chi connectivity index (χ1v) is 11.6. The summed E-state index contributed by atoms with van der Waals surface area (Å²) < 4.78 is 4.98. The van der Waals surface area contributed by atoms with Crippen molar-refractivity contribution in [2.24, 2.45) is 0 Å². The molecule has 176 valence electrons. The molecule has 1 N–H and O–H groups in total. The van der Waals surface area contributed by atoms with Crippen LogP contribution in [0.1, 0.15) is 22.8 Å². The lowest BCUT2D eigenvalue weighted by Gasteiger charge is -2.37. The molecule has 0 saturated carbocycles. The summed E-state index contributed by atoms with van der Waals surface area (Å²) in [7, 11) is 0. The summed E-state index contributed by atoms with van der Waals surface area (Å²) in [4.78, 5) is 24.8. The predicted molar refractivity (Wildman–Crippen MR) is 134 cm³/mol. The molecule has 34 heavy (non-hydrogen) atoms. The third-order valence-electron chi connectivity index (χ3n) is 5.93. The van der Waals surface area contributed by atoms with Gasteiger partial charge < -0.3 is 14.7 Å². The van der Waals surface area contributed by atoms with Crippen molar-refractivity contribution in [3.63, 3.8) is 0 Å². The number of anilines is 1. The normalized spacial score (nSPS) is 15.4. The highest BCUT2D eigenvalue weighted by atomic mass is 16.5. The Bertz CT molecular complexity index is 1080. The van der Waals surface area contributed by atoms with Crippen LogP contribution in [0.2, 0.25) is 0 Å². The number of carbonyl (C=O) groups is 1. The second kappa shape index (κ2) is 11.5. The van der Waals surface area contributed by atoms with E-state index in [1.165, 1.54) is 23.5 Å². The fourth-order valence-electron chi connectivity index (χ4n) is 4.00. The maximum absolute atomic E-state index is 11.8. The predicted octanol–water partition coefficient (Wildman–Crippen LogP) is 3.52. The van der Waals surface area contributed by atoms with Crippen LogP contribution in [0.3, 0.4) is 0 Å². The van der Waals surface area contributed by atoms with Crippen LogP contribution >= 0.6 is 0 Å². The van der Waals surface area contributed by atoms with Gasteiger partial charge in [-0.1, -0.05) is 66.7 Å². The number of nitrogens with zero attached hydrogens (tertiary/aromatic N) is 4. The standard InChI is InChI=1S/C27H30N4O3/c1-2-34-26(33)24-18-28-27(29-19-24)31-16-14-30(15-17-31)25(20-32)13-10-21-8-11-23(12-9-21)22-6-4-3-5-7-22/h3-13,18-19,25,32H,2,14-17,20H2,1H3. The Kier molecular flexibility index (Phi) is 8.01. The fraction of sp³-hybridized carbons (Fsp3) is 0.296. The first kappa shape index (κ1) is 23.6. The lowest BCUT2D eigenvalue weighted by Crippen LogP contribution is -2.51. The molecule has 0 radical (unpaired) electrons. The largest absolute Gasteiger partial charge is 0.462 e. The maximum atomic E-state index is 11.8. The van der Waals surface area contributed by atoms with E-state index in [4.69, 9.17) is 4.74 Å². The van der Waals surface area contributed by atoms with E-state index in [0.29, 0.717) is 18.1 Å². The van der Waals surface area contributed by atoms with E-state index in [-0.39, 0.29) is 12.6 Å². The Morgan fingerprint density at radius 2 is 1.65 bits per heavy atom. The number of carbonyl (C=O) groups excluding carboxylic acids is 1. The summed E-state index contributed by atoms with van der Waals surface area (Å²) in [5, 5.41) is 9.98. The first-order valence-electron chi connectivity index (χ1n) is 11.6. The van der Waals surface area contributed by atoms with Gasteiger partial charge in [-0.2, -0.15) is 0 Å². The van der Waals surface area contributed by atoms with Crippen molar-refractivity contribution in [3.05, 3.63) is 84.2 Å². The molecule has 7 heteroatoms. The van der Waals surface area contributed by atoms with E-state index in [2.05, 4.69) is 68.3 Å². The van der Waals surface area contributed by atoms with E-state index >= 15 is 0 Å². The minimum Gasteiger partial charge on any atom is -0.462 e. The lowest BCUT2D eigenvalue weighted by atomic mass is 10.0. The number of aliphatic hydroxyl groups is 1. The Labute approximate surface area is 200 Å². The molecule has 0 spiro atoms. The Balaban J connectivity index is 1.32. The second-order valence-corrected chi connectivity index (χ2v) is 8.11. The molecule has 1 aromatic heterocycles. The average molecular weight is 459 g/mol. The summed E-state index contributed by atoms with van der Waals surface area (Å²) in [6, 6.07) is 18.7. The monoisotopic (exact) mass is 458 g/mol. The number of aromatic nitrogens is 2. The Morgan fingerprint density at radius 1 is 1.00 bits per heavy atom. The van der Waals surface area contributed by atoms with Gasteiger partial charge in [0.1, 0.15) is 0 Å². The highest BCUT2D eigenvalue weighted by Crippen LogP contribution is 2.20. The highest BCUT2D eigenvalue weighted by molar-refractivity contribution is 5.88. The number of ether oxygens (including phenoxy) is 1. The molecule has 1 saturated heterocycles. The lowest BCUT2D eigenvalue weighted by molar-refractivity contribution is 0.0525. The third-order valence-corrected chi connectivity index (χ3v) is 5.93. The van der Waals surface area contributed by atoms with Gasteiger partial charge in [0.25, 0.3) is 0 Å². The number of rotatable bonds is 8. The van der Waals surface area contributed by atoms with Crippen molar-refractivity contribution in [3.8, 4) is 11.1 Å². The van der Waals surface area contributed by atoms with Crippen molar-refractivity contribution in [1.29, 1.82) is 0 Å². The van der Waals surface area contributed by atoms with Crippen LogP contribution in [0, 0.1) is 0 Å². The van der Waals surface area contributed by atoms with Crippen molar-refractivity contribution >= 4 is 18.0 Å². The zero-order chi connectivity index (χ0) is 23.8. The van der Waals surface area contributed by atoms with Crippen molar-refractivity contribution < 1.29 is 14.6 Å². The van der Waals surface area contributed by atoms with Crippen LogP contribution in [0.25, 0.3) is 17.2 Å². The number of piperazine rings is 1. The van der Waals surface area contributed by atoms with Gasteiger partial charge in [-0.05, 0) is 23.6 Å². The molecule has 7 nitrogen and oxygen atoms in total. The maximum Gasteiger partial charge on any atom is 0.341 e. The zero-order valence-electron chi connectivity index (χ0n) is 19.4. The van der Waals surface area contributed by atoms with Gasteiger partial charge in [0.15, 0.2) is 0 Å². The van der Waals surface area contributed by atoms with Crippen LogP contribution in [0.15, 0.2) is 73.1 Å². The van der Waals surface area contributed by atoms with Crippen LogP contribution in [0.5, 0.6) is 0 Å². The molecule has 1 aliphatic heterocycles. The molecular formula is C27H30N4O3. The number of esters is 1. The van der Waals surface area contributed by atoms with Crippen LogP contribution in [-0.2, 0) is 4.74 Å².